The van der Waals surface area contributed by atoms with Crippen molar-refractivity contribution in [3.63, 3.8) is 0 Å². The maximum atomic E-state index is 8.85. The van der Waals surface area contributed by atoms with Gasteiger partial charge in [0.25, 0.3) is 0 Å². The molecule has 62 valence electrons. The maximum absolute atomic E-state index is 8.85. The number of hydrogen-bond acceptors (Lipinski definition) is 3. The Morgan fingerprint density at radius 2 is 1.00 bits per heavy atom. The average molecular weight is 197 g/mol. The second-order valence-corrected chi connectivity index (χ2v) is 2.63. The van der Waals surface area contributed by atoms with Crippen LogP contribution in [0.15, 0.2) is 36.4 Å². The first-order valence-corrected chi connectivity index (χ1v) is 4.21. The molecule has 2 N–H and O–H groups in total. The number of rotatable bonds is 0. The first kappa shape index (κ1) is 14.6. The van der Waals surface area contributed by atoms with Crippen molar-refractivity contribution in [1.82, 2.24) is 0 Å². The minimum Gasteiger partial charge on any atom is -0.736 e. The number of nitrogens with two attached hydrogens (primary N) is 1. The monoisotopic (exact) mass is 197 g/mol. The summed E-state index contributed by atoms with van der Waals surface area (Å²) >= 11 is 0. The Balaban J connectivity index is 0. The van der Waals surface area contributed by atoms with Crippen LogP contribution in [0.2, 0.25) is 0 Å². The van der Waals surface area contributed by atoms with Crippen molar-refractivity contribution in [2.75, 3.05) is 0 Å². The topological polar surface area (TPSA) is 83.2 Å². The first-order valence-electron chi connectivity index (χ1n) is 2.74. The van der Waals surface area contributed by atoms with Gasteiger partial charge >= 0.3 is 29.6 Å². The Morgan fingerprint density at radius 1 is 0.917 bits per heavy atom. The van der Waals surface area contributed by atoms with Crippen molar-refractivity contribution in [3.05, 3.63) is 36.4 Å². The fraction of sp³-hybridized carbons (Fsp3) is 0. The molecule has 0 aliphatic carbocycles. The van der Waals surface area contributed by atoms with E-state index >= 15 is 0 Å². The summed E-state index contributed by atoms with van der Waals surface area (Å²) in [5, 5.41) is 3.77. The Labute approximate surface area is 94.0 Å². The Bertz CT molecular complexity index is 239. The second kappa shape index (κ2) is 7.72. The molecule has 0 amide bonds. The van der Waals surface area contributed by atoms with Gasteiger partial charge in [-0.3, -0.25) is 0 Å². The standard InChI is InChI=1S/C6H6.H3NO3S.Na/c1-2-4-6-5-3-1;1-5(2,3)4;/h1-6H;(H3,1,2,3,4);/q;;+1/p-1. The molecule has 0 fully saturated rings. The SMILES string of the molecule is NS(=O)(=O)[O-].[Na+].c1ccccc1. The molecule has 1 aromatic carbocycles. The summed E-state index contributed by atoms with van der Waals surface area (Å²) in [4.78, 5) is 0. The summed E-state index contributed by atoms with van der Waals surface area (Å²) in [7, 11) is -4.42. The van der Waals surface area contributed by atoms with Crippen LogP contribution in [-0.4, -0.2) is 13.0 Å². The quantitative estimate of drug-likeness (QED) is 0.357. The molecule has 0 heterocycles. The van der Waals surface area contributed by atoms with Crippen LogP contribution in [-0.2, 0) is 10.3 Å². The first-order chi connectivity index (χ1) is 5.00. The van der Waals surface area contributed by atoms with E-state index in [4.69, 9.17) is 13.0 Å². The van der Waals surface area contributed by atoms with Gasteiger partial charge in [0.15, 0.2) is 10.3 Å². The van der Waals surface area contributed by atoms with Crippen molar-refractivity contribution in [1.29, 1.82) is 0 Å². The smallest absolute Gasteiger partial charge is 0.736 e. The second-order valence-electron chi connectivity index (χ2n) is 1.65. The molecule has 0 saturated carbocycles. The summed E-state index contributed by atoms with van der Waals surface area (Å²) in [5.74, 6) is 0. The molecule has 0 spiro atoms. The Kier molecular flexibility index (Phi) is 9.40. The normalized spacial score (nSPS) is 8.83. The summed E-state index contributed by atoms with van der Waals surface area (Å²) in [6.45, 7) is 0. The molecular formula is C6H8NNaO3S. The van der Waals surface area contributed by atoms with E-state index in [2.05, 4.69) is 5.14 Å². The zero-order valence-electron chi connectivity index (χ0n) is 6.67. The molecule has 0 radical (unpaired) electrons. The van der Waals surface area contributed by atoms with E-state index < -0.39 is 10.3 Å². The van der Waals surface area contributed by atoms with Crippen molar-refractivity contribution >= 4 is 10.3 Å². The van der Waals surface area contributed by atoms with Crippen LogP contribution in [0.5, 0.6) is 0 Å². The van der Waals surface area contributed by atoms with Gasteiger partial charge < -0.3 is 4.55 Å². The van der Waals surface area contributed by atoms with Crippen LogP contribution >= 0.6 is 0 Å². The fourth-order valence-electron chi connectivity index (χ4n) is 0.385. The molecule has 1 rings (SSSR count). The van der Waals surface area contributed by atoms with Gasteiger partial charge in [0.2, 0.25) is 0 Å². The van der Waals surface area contributed by atoms with E-state index in [9.17, 15) is 0 Å². The van der Waals surface area contributed by atoms with Crippen molar-refractivity contribution in [2.24, 2.45) is 5.14 Å². The Hall–Kier alpha value is 0.0900. The van der Waals surface area contributed by atoms with Gasteiger partial charge in [0, 0.05) is 0 Å². The zero-order chi connectivity index (χ0) is 8.74. The van der Waals surface area contributed by atoms with Gasteiger partial charge in [-0.1, -0.05) is 36.4 Å². The van der Waals surface area contributed by atoms with Crippen LogP contribution < -0.4 is 34.7 Å². The van der Waals surface area contributed by atoms with E-state index in [1.165, 1.54) is 0 Å². The van der Waals surface area contributed by atoms with E-state index in [0.29, 0.717) is 0 Å². The molecular weight excluding hydrogens is 189 g/mol. The largest absolute Gasteiger partial charge is 1.00 e. The molecule has 12 heavy (non-hydrogen) atoms. The summed E-state index contributed by atoms with van der Waals surface area (Å²) < 4.78 is 26.6. The molecule has 0 aliphatic heterocycles. The molecule has 0 unspecified atom stereocenters. The number of hydrogen-bond donors (Lipinski definition) is 1. The molecule has 0 aromatic heterocycles. The third-order valence-electron chi connectivity index (χ3n) is 0.667. The van der Waals surface area contributed by atoms with E-state index in [1.807, 2.05) is 36.4 Å². The molecule has 1 aromatic rings. The van der Waals surface area contributed by atoms with Crippen LogP contribution in [0.1, 0.15) is 0 Å². The summed E-state index contributed by atoms with van der Waals surface area (Å²) in [6, 6.07) is 12.0. The number of benzene rings is 1. The van der Waals surface area contributed by atoms with Crippen LogP contribution in [0, 0.1) is 0 Å². The van der Waals surface area contributed by atoms with E-state index in [-0.39, 0.29) is 29.6 Å². The molecule has 4 nitrogen and oxygen atoms in total. The minimum absolute atomic E-state index is 0. The van der Waals surface area contributed by atoms with Crippen LogP contribution in [0.4, 0.5) is 0 Å². The van der Waals surface area contributed by atoms with Gasteiger partial charge in [0.1, 0.15) is 0 Å². The third kappa shape index (κ3) is 22.5. The summed E-state index contributed by atoms with van der Waals surface area (Å²) in [6.07, 6.45) is 0. The molecule has 6 heteroatoms. The van der Waals surface area contributed by atoms with E-state index in [0.717, 1.165) is 0 Å². The minimum atomic E-state index is -4.42. The molecule has 0 aliphatic rings. The Morgan fingerprint density at radius 3 is 1.08 bits per heavy atom. The van der Waals surface area contributed by atoms with E-state index in [1.54, 1.807) is 0 Å². The van der Waals surface area contributed by atoms with Crippen LogP contribution in [0.25, 0.3) is 0 Å². The van der Waals surface area contributed by atoms with Crippen molar-refractivity contribution < 1.29 is 42.5 Å². The maximum Gasteiger partial charge on any atom is 1.00 e. The average Bonchev–Trinajstić information content (AvgIpc) is 1.88. The predicted molar refractivity (Wildman–Crippen MR) is 40.3 cm³/mol. The van der Waals surface area contributed by atoms with Crippen LogP contribution in [0.3, 0.4) is 0 Å². The van der Waals surface area contributed by atoms with Gasteiger partial charge in [-0.2, -0.15) is 0 Å². The third-order valence-corrected chi connectivity index (χ3v) is 0.667. The molecule has 0 bridgehead atoms. The molecule has 0 atom stereocenters. The predicted octanol–water partition coefficient (Wildman–Crippen LogP) is -2.90. The van der Waals surface area contributed by atoms with Gasteiger partial charge in [0.05, 0.1) is 0 Å². The van der Waals surface area contributed by atoms with Crippen molar-refractivity contribution in [2.45, 2.75) is 0 Å². The van der Waals surface area contributed by atoms with Gasteiger partial charge in [-0.15, -0.1) is 0 Å². The van der Waals surface area contributed by atoms with Gasteiger partial charge in [-0.05, 0) is 0 Å². The molecule has 0 saturated heterocycles. The summed E-state index contributed by atoms with van der Waals surface area (Å²) in [5.41, 5.74) is 0. The van der Waals surface area contributed by atoms with Crippen molar-refractivity contribution in [3.8, 4) is 0 Å². The zero-order valence-corrected chi connectivity index (χ0v) is 9.49. The fourth-order valence-corrected chi connectivity index (χ4v) is 0.385. The van der Waals surface area contributed by atoms with Gasteiger partial charge in [-0.25, -0.2) is 13.6 Å².